The van der Waals surface area contributed by atoms with Crippen molar-refractivity contribution in [1.29, 1.82) is 0 Å². The van der Waals surface area contributed by atoms with E-state index >= 15 is 0 Å². The van der Waals surface area contributed by atoms with Gasteiger partial charge in [-0.2, -0.15) is 0 Å². The second kappa shape index (κ2) is 12.8. The van der Waals surface area contributed by atoms with Crippen LogP contribution in [0.3, 0.4) is 0 Å². The van der Waals surface area contributed by atoms with Gasteiger partial charge in [-0.05, 0) is 97.3 Å². The highest BCUT2D eigenvalue weighted by Crippen LogP contribution is 2.39. The van der Waals surface area contributed by atoms with Crippen molar-refractivity contribution in [2.75, 3.05) is 0 Å². The van der Waals surface area contributed by atoms with E-state index in [1.807, 2.05) is 0 Å². The first-order chi connectivity index (χ1) is 16.3. The van der Waals surface area contributed by atoms with Gasteiger partial charge >= 0.3 is 0 Å². The van der Waals surface area contributed by atoms with Gasteiger partial charge in [0, 0.05) is 0 Å². The molecule has 0 aromatic heterocycles. The Balaban J connectivity index is 1.26. The Morgan fingerprint density at radius 2 is 0.939 bits per heavy atom. The summed E-state index contributed by atoms with van der Waals surface area (Å²) in [6.45, 7) is 4.64. The monoisotopic (exact) mass is 444 g/mol. The summed E-state index contributed by atoms with van der Waals surface area (Å²) in [5.41, 5.74) is 5.89. The molecule has 2 saturated carbocycles. The summed E-state index contributed by atoms with van der Waals surface area (Å²) in [4.78, 5) is 0. The van der Waals surface area contributed by atoms with Crippen LogP contribution in [0.15, 0.2) is 48.5 Å². The summed E-state index contributed by atoms with van der Waals surface area (Å²) in [5, 5.41) is 0. The van der Waals surface area contributed by atoms with E-state index in [0.717, 1.165) is 23.7 Å². The summed E-state index contributed by atoms with van der Waals surface area (Å²) in [5.74, 6) is 3.56. The van der Waals surface area contributed by atoms with E-state index in [1.165, 1.54) is 107 Å². The first-order valence-corrected chi connectivity index (χ1v) is 14.5. The fourth-order valence-corrected chi connectivity index (χ4v) is 6.73. The van der Waals surface area contributed by atoms with Crippen LogP contribution in [-0.2, 0) is 0 Å². The molecule has 180 valence electrons. The van der Waals surface area contributed by atoms with Gasteiger partial charge in [0.2, 0.25) is 0 Å². The average molecular weight is 445 g/mol. The van der Waals surface area contributed by atoms with Gasteiger partial charge in [0.15, 0.2) is 0 Å². The van der Waals surface area contributed by atoms with Crippen LogP contribution in [0.5, 0.6) is 0 Å². The number of benzene rings is 2. The molecule has 0 heteroatoms. The van der Waals surface area contributed by atoms with Crippen LogP contribution in [0.2, 0.25) is 0 Å². The normalized spacial score (nSPS) is 25.8. The molecule has 0 N–H and O–H groups in total. The van der Waals surface area contributed by atoms with Crippen LogP contribution in [0.4, 0.5) is 0 Å². The third-order valence-electron chi connectivity index (χ3n) is 8.95. The van der Waals surface area contributed by atoms with Gasteiger partial charge in [-0.3, -0.25) is 0 Å². The lowest BCUT2D eigenvalue weighted by molar-refractivity contribution is 0.302. The molecule has 2 aliphatic rings. The zero-order chi connectivity index (χ0) is 22.9. The molecule has 2 aromatic rings. The molecule has 2 fully saturated rings. The van der Waals surface area contributed by atoms with Crippen molar-refractivity contribution in [2.24, 2.45) is 11.8 Å². The third kappa shape index (κ3) is 6.97. The third-order valence-corrected chi connectivity index (χ3v) is 8.95. The lowest BCUT2D eigenvalue weighted by Gasteiger charge is -2.29. The molecular formula is C33H48. The Labute approximate surface area is 204 Å². The fourth-order valence-electron chi connectivity index (χ4n) is 6.73. The van der Waals surface area contributed by atoms with E-state index in [-0.39, 0.29) is 0 Å². The lowest BCUT2D eigenvalue weighted by atomic mass is 9.76. The van der Waals surface area contributed by atoms with E-state index < -0.39 is 0 Å². The quantitative estimate of drug-likeness (QED) is 0.320. The van der Waals surface area contributed by atoms with Crippen molar-refractivity contribution in [3.05, 3.63) is 59.7 Å². The van der Waals surface area contributed by atoms with Gasteiger partial charge in [0.05, 0.1) is 0 Å². The van der Waals surface area contributed by atoms with E-state index in [9.17, 15) is 0 Å². The SMILES string of the molecule is CCCCCCC1CCC(c2ccc(-c3ccc(C4CCC(CCC)CC4)cc3)cc2)CC1. The average Bonchev–Trinajstić information content (AvgIpc) is 2.88. The van der Waals surface area contributed by atoms with Gasteiger partial charge in [0.1, 0.15) is 0 Å². The van der Waals surface area contributed by atoms with Crippen LogP contribution in [-0.4, -0.2) is 0 Å². The predicted molar refractivity (Wildman–Crippen MR) is 145 cm³/mol. The van der Waals surface area contributed by atoms with Crippen LogP contribution >= 0.6 is 0 Å². The van der Waals surface area contributed by atoms with Crippen molar-refractivity contribution in [2.45, 2.75) is 122 Å². The zero-order valence-electron chi connectivity index (χ0n) is 21.5. The minimum absolute atomic E-state index is 0.788. The molecule has 0 amide bonds. The Kier molecular flexibility index (Phi) is 9.51. The molecule has 33 heavy (non-hydrogen) atoms. The molecule has 0 spiro atoms. The van der Waals surface area contributed by atoms with E-state index in [1.54, 1.807) is 11.1 Å². The molecule has 0 bridgehead atoms. The standard InChI is InChI=1S/C33H48/c1-3-5-6-7-9-27-12-16-29(17-13-27)31-20-24-33(25-21-31)32-22-18-30(19-23-32)28-14-10-26(8-4-2)11-15-28/h18-29H,3-17H2,1-2H3. The number of rotatable bonds is 10. The lowest BCUT2D eigenvalue weighted by Crippen LogP contribution is -2.13. The van der Waals surface area contributed by atoms with Crippen LogP contribution in [0, 0.1) is 11.8 Å². The first-order valence-electron chi connectivity index (χ1n) is 14.5. The zero-order valence-corrected chi connectivity index (χ0v) is 21.5. The number of unbranched alkanes of at least 4 members (excludes halogenated alkanes) is 3. The Morgan fingerprint density at radius 1 is 0.485 bits per heavy atom. The molecule has 2 aromatic carbocycles. The molecule has 0 heterocycles. The molecule has 0 radical (unpaired) electrons. The van der Waals surface area contributed by atoms with Gasteiger partial charge in [0.25, 0.3) is 0 Å². The highest BCUT2D eigenvalue weighted by Gasteiger charge is 2.23. The summed E-state index contributed by atoms with van der Waals surface area (Å²) in [7, 11) is 0. The second-order valence-corrected chi connectivity index (χ2v) is 11.3. The van der Waals surface area contributed by atoms with Crippen molar-refractivity contribution >= 4 is 0 Å². The maximum absolute atomic E-state index is 2.42. The minimum atomic E-state index is 0.788. The van der Waals surface area contributed by atoms with Gasteiger partial charge in [-0.15, -0.1) is 0 Å². The van der Waals surface area contributed by atoms with Crippen LogP contribution in [0.25, 0.3) is 11.1 Å². The summed E-state index contributed by atoms with van der Waals surface area (Å²) in [6.07, 6.45) is 21.3. The number of hydrogen-bond donors (Lipinski definition) is 0. The molecule has 0 atom stereocenters. The molecule has 0 saturated heterocycles. The molecule has 0 aliphatic heterocycles. The Morgan fingerprint density at radius 3 is 1.36 bits per heavy atom. The maximum atomic E-state index is 2.42. The van der Waals surface area contributed by atoms with E-state index in [4.69, 9.17) is 0 Å². The highest BCUT2D eigenvalue weighted by molar-refractivity contribution is 5.64. The molecule has 2 aliphatic carbocycles. The van der Waals surface area contributed by atoms with Crippen LogP contribution in [0.1, 0.15) is 133 Å². The first kappa shape index (κ1) is 24.6. The summed E-state index contributed by atoms with van der Waals surface area (Å²) in [6, 6.07) is 19.1. The van der Waals surface area contributed by atoms with Gasteiger partial charge in [-0.1, -0.05) is 107 Å². The highest BCUT2D eigenvalue weighted by atomic mass is 14.3. The minimum Gasteiger partial charge on any atom is -0.0654 e. The Bertz CT molecular complexity index is 783. The van der Waals surface area contributed by atoms with E-state index in [0.29, 0.717) is 0 Å². The van der Waals surface area contributed by atoms with Gasteiger partial charge in [-0.25, -0.2) is 0 Å². The summed E-state index contributed by atoms with van der Waals surface area (Å²) >= 11 is 0. The number of hydrogen-bond acceptors (Lipinski definition) is 0. The predicted octanol–water partition coefficient (Wildman–Crippen LogP) is 10.7. The molecule has 0 nitrogen and oxygen atoms in total. The topological polar surface area (TPSA) is 0 Å². The molecular weight excluding hydrogens is 396 g/mol. The van der Waals surface area contributed by atoms with E-state index in [2.05, 4.69) is 62.4 Å². The Hall–Kier alpha value is -1.56. The molecule has 4 rings (SSSR count). The maximum Gasteiger partial charge on any atom is -0.0162 e. The molecule has 0 unspecified atom stereocenters. The smallest absolute Gasteiger partial charge is 0.0162 e. The largest absolute Gasteiger partial charge is 0.0654 e. The van der Waals surface area contributed by atoms with Crippen molar-refractivity contribution in [3.8, 4) is 11.1 Å². The van der Waals surface area contributed by atoms with Crippen molar-refractivity contribution in [1.82, 2.24) is 0 Å². The van der Waals surface area contributed by atoms with Crippen molar-refractivity contribution in [3.63, 3.8) is 0 Å². The fraction of sp³-hybridized carbons (Fsp3) is 0.636. The second-order valence-electron chi connectivity index (χ2n) is 11.3. The van der Waals surface area contributed by atoms with Crippen LogP contribution < -0.4 is 0 Å². The van der Waals surface area contributed by atoms with Crippen molar-refractivity contribution < 1.29 is 0 Å². The van der Waals surface area contributed by atoms with Gasteiger partial charge < -0.3 is 0 Å². The summed E-state index contributed by atoms with van der Waals surface area (Å²) < 4.78 is 0.